The molecule has 1 amide bonds. The summed E-state index contributed by atoms with van der Waals surface area (Å²) >= 11 is 0. The van der Waals surface area contributed by atoms with E-state index in [0.29, 0.717) is 22.7 Å². The molecule has 0 aliphatic carbocycles. The number of rotatable bonds is 5. The molecule has 1 aliphatic heterocycles. The first kappa shape index (κ1) is 16.1. The van der Waals surface area contributed by atoms with Crippen molar-refractivity contribution >= 4 is 17.4 Å². The van der Waals surface area contributed by atoms with Crippen molar-refractivity contribution in [2.24, 2.45) is 0 Å². The Kier molecular flexibility index (Phi) is 4.84. The van der Waals surface area contributed by atoms with E-state index in [4.69, 9.17) is 9.47 Å². The number of ether oxygens (including phenoxy) is 2. The minimum Gasteiger partial charge on any atom is -0.497 e. The van der Waals surface area contributed by atoms with Crippen LogP contribution >= 0.6 is 0 Å². The summed E-state index contributed by atoms with van der Waals surface area (Å²) in [6.45, 7) is 2.09. The predicted octanol–water partition coefficient (Wildman–Crippen LogP) is 2.95. The number of pyridine rings is 1. The highest BCUT2D eigenvalue weighted by Gasteiger charge is 2.14. The first-order valence-corrected chi connectivity index (χ1v) is 7.95. The number of nitrogens with zero attached hydrogens (tertiary/aromatic N) is 2. The van der Waals surface area contributed by atoms with E-state index in [1.807, 2.05) is 12.1 Å². The summed E-state index contributed by atoms with van der Waals surface area (Å²) in [5.74, 6) is 1.86. The Hall–Kier alpha value is -2.76. The van der Waals surface area contributed by atoms with Crippen molar-refractivity contribution in [3.05, 3.63) is 42.1 Å². The van der Waals surface area contributed by atoms with Gasteiger partial charge in [0.25, 0.3) is 5.91 Å². The number of carbonyl (C=O) groups is 1. The Morgan fingerprint density at radius 1 is 1.08 bits per heavy atom. The summed E-state index contributed by atoms with van der Waals surface area (Å²) in [6, 6.07) is 8.87. The van der Waals surface area contributed by atoms with Gasteiger partial charge in [0.15, 0.2) is 0 Å². The van der Waals surface area contributed by atoms with Crippen molar-refractivity contribution in [3.63, 3.8) is 0 Å². The normalized spacial score (nSPS) is 13.7. The lowest BCUT2D eigenvalue weighted by molar-refractivity contribution is 0.102. The maximum absolute atomic E-state index is 12.4. The first-order chi connectivity index (χ1) is 11.7. The van der Waals surface area contributed by atoms with E-state index < -0.39 is 0 Å². The Labute approximate surface area is 141 Å². The standard InChI is InChI=1S/C18H21N3O3/c1-23-15-9-13(10-16(11-15)24-2)18(22)20-14-5-6-17(19-12-14)21-7-3-4-8-21/h5-6,9-12H,3-4,7-8H2,1-2H3,(H,20,22). The molecule has 1 aromatic carbocycles. The summed E-state index contributed by atoms with van der Waals surface area (Å²) in [5, 5.41) is 2.85. The number of methoxy groups -OCH3 is 2. The number of aromatic nitrogens is 1. The van der Waals surface area contributed by atoms with Gasteiger partial charge in [0.1, 0.15) is 17.3 Å². The van der Waals surface area contributed by atoms with Crippen LogP contribution in [0.15, 0.2) is 36.5 Å². The van der Waals surface area contributed by atoms with Gasteiger partial charge in [-0.05, 0) is 37.1 Å². The van der Waals surface area contributed by atoms with Crippen molar-refractivity contribution in [3.8, 4) is 11.5 Å². The lowest BCUT2D eigenvalue weighted by Crippen LogP contribution is -2.19. The fourth-order valence-electron chi connectivity index (χ4n) is 2.74. The number of benzene rings is 1. The average Bonchev–Trinajstić information content (AvgIpc) is 3.16. The third-order valence-electron chi connectivity index (χ3n) is 4.05. The van der Waals surface area contributed by atoms with E-state index in [-0.39, 0.29) is 5.91 Å². The summed E-state index contributed by atoms with van der Waals surface area (Å²) < 4.78 is 10.4. The SMILES string of the molecule is COc1cc(OC)cc(C(=O)Nc2ccc(N3CCCC3)nc2)c1. The summed E-state index contributed by atoms with van der Waals surface area (Å²) in [5.41, 5.74) is 1.12. The minimum atomic E-state index is -0.233. The fraction of sp³-hybridized carbons (Fsp3) is 0.333. The number of anilines is 2. The second kappa shape index (κ2) is 7.21. The number of nitrogens with one attached hydrogen (secondary N) is 1. The van der Waals surface area contributed by atoms with Crippen LogP contribution in [0.1, 0.15) is 23.2 Å². The lowest BCUT2D eigenvalue weighted by atomic mass is 10.2. The van der Waals surface area contributed by atoms with Gasteiger partial charge in [-0.3, -0.25) is 4.79 Å². The summed E-state index contributed by atoms with van der Waals surface area (Å²) in [4.78, 5) is 19.1. The molecule has 2 aromatic rings. The Morgan fingerprint density at radius 2 is 1.75 bits per heavy atom. The quantitative estimate of drug-likeness (QED) is 0.915. The molecule has 1 saturated heterocycles. The topological polar surface area (TPSA) is 63.7 Å². The van der Waals surface area contributed by atoms with Gasteiger partial charge in [-0.15, -0.1) is 0 Å². The van der Waals surface area contributed by atoms with Gasteiger partial charge in [-0.25, -0.2) is 4.98 Å². The average molecular weight is 327 g/mol. The molecular weight excluding hydrogens is 306 g/mol. The van der Waals surface area contributed by atoms with Crippen LogP contribution in [0.25, 0.3) is 0 Å². The highest BCUT2D eigenvalue weighted by atomic mass is 16.5. The Bertz CT molecular complexity index is 688. The monoisotopic (exact) mass is 327 g/mol. The second-order valence-electron chi connectivity index (χ2n) is 5.65. The van der Waals surface area contributed by atoms with Gasteiger partial charge in [0, 0.05) is 24.7 Å². The molecule has 1 aromatic heterocycles. The van der Waals surface area contributed by atoms with Crippen LogP contribution in [0.3, 0.4) is 0 Å². The molecule has 0 bridgehead atoms. The molecule has 0 radical (unpaired) electrons. The molecule has 2 heterocycles. The van der Waals surface area contributed by atoms with Crippen LogP contribution in [-0.2, 0) is 0 Å². The van der Waals surface area contributed by atoms with Gasteiger partial charge >= 0.3 is 0 Å². The molecule has 126 valence electrons. The van der Waals surface area contributed by atoms with Gasteiger partial charge in [0.2, 0.25) is 0 Å². The third-order valence-corrected chi connectivity index (χ3v) is 4.05. The molecule has 6 heteroatoms. The molecule has 1 aliphatic rings. The molecule has 0 unspecified atom stereocenters. The summed E-state index contributed by atoms with van der Waals surface area (Å²) in [7, 11) is 3.11. The van der Waals surface area contributed by atoms with Gasteiger partial charge in [0.05, 0.1) is 26.1 Å². The molecule has 1 N–H and O–H groups in total. The molecule has 1 fully saturated rings. The van der Waals surface area contributed by atoms with Crippen molar-refractivity contribution in [2.75, 3.05) is 37.5 Å². The van der Waals surface area contributed by atoms with Crippen LogP contribution in [-0.4, -0.2) is 38.2 Å². The van der Waals surface area contributed by atoms with Crippen molar-refractivity contribution in [1.29, 1.82) is 0 Å². The molecule has 24 heavy (non-hydrogen) atoms. The van der Waals surface area contributed by atoms with E-state index in [0.717, 1.165) is 18.9 Å². The lowest BCUT2D eigenvalue weighted by Gasteiger charge is -2.16. The van der Waals surface area contributed by atoms with Crippen molar-refractivity contribution in [2.45, 2.75) is 12.8 Å². The number of hydrogen-bond donors (Lipinski definition) is 1. The maximum Gasteiger partial charge on any atom is 0.255 e. The molecule has 0 atom stereocenters. The molecule has 3 rings (SSSR count). The van der Waals surface area contributed by atoms with Crippen molar-refractivity contribution in [1.82, 2.24) is 4.98 Å². The highest BCUT2D eigenvalue weighted by molar-refractivity contribution is 6.04. The fourth-order valence-corrected chi connectivity index (χ4v) is 2.74. The van der Waals surface area contributed by atoms with Crippen LogP contribution < -0.4 is 19.7 Å². The van der Waals surface area contributed by atoms with Crippen LogP contribution in [0.4, 0.5) is 11.5 Å². The largest absolute Gasteiger partial charge is 0.497 e. The molecule has 6 nitrogen and oxygen atoms in total. The molecule has 0 spiro atoms. The van der Waals surface area contributed by atoms with Crippen LogP contribution in [0.2, 0.25) is 0 Å². The predicted molar refractivity (Wildman–Crippen MR) is 93.2 cm³/mol. The second-order valence-corrected chi connectivity index (χ2v) is 5.65. The molecule has 0 saturated carbocycles. The zero-order valence-corrected chi connectivity index (χ0v) is 13.9. The van der Waals surface area contributed by atoms with E-state index in [9.17, 15) is 4.79 Å². The maximum atomic E-state index is 12.4. The number of hydrogen-bond acceptors (Lipinski definition) is 5. The van der Waals surface area contributed by atoms with Gasteiger partial charge < -0.3 is 19.7 Å². The van der Waals surface area contributed by atoms with E-state index in [1.54, 1.807) is 38.6 Å². The van der Waals surface area contributed by atoms with Crippen LogP contribution in [0, 0.1) is 0 Å². The highest BCUT2D eigenvalue weighted by Crippen LogP contribution is 2.24. The van der Waals surface area contributed by atoms with Gasteiger partial charge in [-0.1, -0.05) is 0 Å². The molecular formula is C18H21N3O3. The van der Waals surface area contributed by atoms with E-state index in [1.165, 1.54) is 12.8 Å². The Balaban J connectivity index is 1.72. The Morgan fingerprint density at radius 3 is 2.29 bits per heavy atom. The van der Waals surface area contributed by atoms with Crippen LogP contribution in [0.5, 0.6) is 11.5 Å². The minimum absolute atomic E-state index is 0.233. The third kappa shape index (κ3) is 3.59. The zero-order valence-electron chi connectivity index (χ0n) is 13.9. The first-order valence-electron chi connectivity index (χ1n) is 7.95. The summed E-state index contributed by atoms with van der Waals surface area (Å²) in [6.07, 6.45) is 4.10. The van der Waals surface area contributed by atoms with E-state index in [2.05, 4.69) is 15.2 Å². The van der Waals surface area contributed by atoms with Crippen molar-refractivity contribution < 1.29 is 14.3 Å². The number of amides is 1. The van der Waals surface area contributed by atoms with E-state index >= 15 is 0 Å². The number of carbonyl (C=O) groups excluding carboxylic acids is 1. The smallest absolute Gasteiger partial charge is 0.255 e. The van der Waals surface area contributed by atoms with Gasteiger partial charge in [-0.2, -0.15) is 0 Å². The zero-order chi connectivity index (χ0) is 16.9.